The van der Waals surface area contributed by atoms with Crippen LogP contribution in [0.25, 0.3) is 0 Å². The molecule has 0 spiro atoms. The van der Waals surface area contributed by atoms with Gasteiger partial charge in [0.2, 0.25) is 0 Å². The molecule has 3 N–H and O–H groups in total. The Kier molecular flexibility index (Phi) is 7.09. The molecule has 86 valence electrons. The van der Waals surface area contributed by atoms with Gasteiger partial charge in [0.15, 0.2) is 0 Å². The van der Waals surface area contributed by atoms with Crippen molar-refractivity contribution in [3.63, 3.8) is 0 Å². The summed E-state index contributed by atoms with van der Waals surface area (Å²) >= 11 is 0. The molecule has 0 unspecified atom stereocenters. The van der Waals surface area contributed by atoms with Crippen LogP contribution in [-0.4, -0.2) is 76.8 Å². The molecule has 0 amide bonds. The predicted molar refractivity (Wildman–Crippen MR) is 62.3 cm³/mol. The van der Waals surface area contributed by atoms with Crippen LogP contribution in [0.15, 0.2) is 0 Å². The lowest BCUT2D eigenvalue weighted by Crippen LogP contribution is -2.48. The van der Waals surface area contributed by atoms with Gasteiger partial charge >= 0.3 is 0 Å². The van der Waals surface area contributed by atoms with Gasteiger partial charge in [-0.1, -0.05) is 0 Å². The monoisotopic (exact) mass is 203 g/mol. The fourth-order valence-corrected chi connectivity index (χ4v) is 1.19. The van der Waals surface area contributed by atoms with Crippen molar-refractivity contribution in [3.05, 3.63) is 0 Å². The summed E-state index contributed by atoms with van der Waals surface area (Å²) in [6.45, 7) is 6.20. The molecule has 0 bridgehead atoms. The molecule has 0 aliphatic carbocycles. The van der Waals surface area contributed by atoms with Crippen molar-refractivity contribution < 1.29 is 4.48 Å². The van der Waals surface area contributed by atoms with E-state index in [1.165, 1.54) is 6.54 Å². The van der Waals surface area contributed by atoms with Crippen molar-refractivity contribution in [2.75, 3.05) is 67.5 Å². The second-order valence-corrected chi connectivity index (χ2v) is 4.72. The lowest BCUT2D eigenvalue weighted by atomic mass is 10.4. The summed E-state index contributed by atoms with van der Waals surface area (Å²) < 4.78 is 1.07. The smallest absolute Gasteiger partial charge is 0.0911 e. The quantitative estimate of drug-likeness (QED) is 0.400. The molecule has 0 aromatic heterocycles. The first kappa shape index (κ1) is 13.8. The van der Waals surface area contributed by atoms with E-state index >= 15 is 0 Å². The van der Waals surface area contributed by atoms with E-state index in [1.54, 1.807) is 0 Å². The maximum Gasteiger partial charge on any atom is 0.0911 e. The predicted octanol–water partition coefficient (Wildman–Crippen LogP) is -0.827. The van der Waals surface area contributed by atoms with Gasteiger partial charge in [-0.15, -0.1) is 0 Å². The number of rotatable bonds is 8. The Bertz CT molecular complexity index is 134. The van der Waals surface area contributed by atoms with Crippen LogP contribution in [0, 0.1) is 0 Å². The van der Waals surface area contributed by atoms with E-state index in [-0.39, 0.29) is 0 Å². The maximum absolute atomic E-state index is 5.40. The Hall–Kier alpha value is -0.160. The van der Waals surface area contributed by atoms with Gasteiger partial charge in [-0.05, 0) is 14.1 Å². The molecular weight excluding hydrogens is 176 g/mol. The average molecular weight is 203 g/mol. The first-order chi connectivity index (χ1) is 6.48. The Balaban J connectivity index is 3.50. The highest BCUT2D eigenvalue weighted by molar-refractivity contribution is 4.48. The molecule has 0 heterocycles. The van der Waals surface area contributed by atoms with Gasteiger partial charge in [0, 0.05) is 26.2 Å². The molecule has 4 nitrogen and oxygen atoms in total. The second kappa shape index (κ2) is 7.17. The molecular formula is C10H27N4+. The second-order valence-electron chi connectivity index (χ2n) is 4.72. The van der Waals surface area contributed by atoms with Gasteiger partial charge in [-0.25, -0.2) is 0 Å². The lowest BCUT2D eigenvalue weighted by molar-refractivity contribution is -0.888. The summed E-state index contributed by atoms with van der Waals surface area (Å²) in [5.74, 6) is 0. The Morgan fingerprint density at radius 3 is 2.29 bits per heavy atom. The molecule has 0 saturated heterocycles. The molecule has 0 fully saturated rings. The normalized spacial score (nSPS) is 12.4. The highest BCUT2D eigenvalue weighted by Gasteiger charge is 2.13. The number of nitrogens with two attached hydrogens (primary N) is 1. The molecule has 0 aromatic rings. The van der Waals surface area contributed by atoms with Crippen LogP contribution in [0.2, 0.25) is 0 Å². The molecule has 14 heavy (non-hydrogen) atoms. The third-order valence-corrected chi connectivity index (χ3v) is 2.37. The number of likely N-dealkylation sites (N-methyl/N-ethyl adjacent to an activating group) is 2. The van der Waals surface area contributed by atoms with Crippen LogP contribution in [0.3, 0.4) is 0 Å². The molecule has 0 saturated carbocycles. The van der Waals surface area contributed by atoms with E-state index in [2.05, 4.69) is 38.4 Å². The van der Waals surface area contributed by atoms with E-state index in [4.69, 9.17) is 5.73 Å². The SMILES string of the molecule is CN(C)CC[N+](C)(C)CCNCCN. The fourth-order valence-electron chi connectivity index (χ4n) is 1.19. The first-order valence-electron chi connectivity index (χ1n) is 5.35. The van der Waals surface area contributed by atoms with Crippen LogP contribution in [0.5, 0.6) is 0 Å². The van der Waals surface area contributed by atoms with Crippen LogP contribution in [0.1, 0.15) is 0 Å². The molecule has 0 aliphatic heterocycles. The summed E-state index contributed by atoms with van der Waals surface area (Å²) in [4.78, 5) is 2.23. The fraction of sp³-hybridized carbons (Fsp3) is 1.00. The largest absolute Gasteiger partial charge is 0.329 e. The number of nitrogens with zero attached hydrogens (tertiary/aromatic N) is 2. The van der Waals surface area contributed by atoms with Crippen LogP contribution < -0.4 is 11.1 Å². The summed E-state index contributed by atoms with van der Waals surface area (Å²) in [5.41, 5.74) is 5.40. The van der Waals surface area contributed by atoms with Crippen LogP contribution in [0.4, 0.5) is 0 Å². The molecule has 0 rings (SSSR count). The van der Waals surface area contributed by atoms with Crippen molar-refractivity contribution in [2.24, 2.45) is 5.73 Å². The summed E-state index contributed by atoms with van der Waals surface area (Å²) in [6, 6.07) is 0. The van der Waals surface area contributed by atoms with Crippen molar-refractivity contribution in [2.45, 2.75) is 0 Å². The van der Waals surface area contributed by atoms with Crippen LogP contribution >= 0.6 is 0 Å². The van der Waals surface area contributed by atoms with E-state index in [1.807, 2.05) is 0 Å². The lowest BCUT2D eigenvalue weighted by Gasteiger charge is -2.31. The Labute approximate surface area is 88.6 Å². The van der Waals surface area contributed by atoms with Gasteiger partial charge in [-0.2, -0.15) is 0 Å². The van der Waals surface area contributed by atoms with Crippen molar-refractivity contribution >= 4 is 0 Å². The van der Waals surface area contributed by atoms with Crippen molar-refractivity contribution in [1.82, 2.24) is 10.2 Å². The number of hydrogen-bond acceptors (Lipinski definition) is 3. The molecule has 0 aromatic carbocycles. The zero-order valence-electron chi connectivity index (χ0n) is 10.2. The summed E-state index contributed by atoms with van der Waals surface area (Å²) in [7, 11) is 8.78. The van der Waals surface area contributed by atoms with E-state index in [0.29, 0.717) is 0 Å². The van der Waals surface area contributed by atoms with Crippen molar-refractivity contribution in [1.29, 1.82) is 0 Å². The van der Waals surface area contributed by atoms with Crippen molar-refractivity contribution in [3.8, 4) is 0 Å². The summed E-state index contributed by atoms with van der Waals surface area (Å²) in [5, 5.41) is 3.32. The van der Waals surface area contributed by atoms with E-state index in [0.717, 1.165) is 37.2 Å². The zero-order valence-corrected chi connectivity index (χ0v) is 10.2. The third kappa shape index (κ3) is 8.44. The minimum Gasteiger partial charge on any atom is -0.329 e. The third-order valence-electron chi connectivity index (χ3n) is 2.37. The minimum atomic E-state index is 0.727. The van der Waals surface area contributed by atoms with Gasteiger partial charge in [-0.3, -0.25) is 0 Å². The van der Waals surface area contributed by atoms with Gasteiger partial charge in [0.1, 0.15) is 0 Å². The Morgan fingerprint density at radius 2 is 1.79 bits per heavy atom. The van der Waals surface area contributed by atoms with Gasteiger partial charge in [0.25, 0.3) is 0 Å². The number of nitrogens with one attached hydrogen (secondary N) is 1. The number of quaternary nitrogens is 1. The molecule has 4 heteroatoms. The van der Waals surface area contributed by atoms with E-state index in [9.17, 15) is 0 Å². The minimum absolute atomic E-state index is 0.727. The van der Waals surface area contributed by atoms with Gasteiger partial charge < -0.3 is 20.4 Å². The van der Waals surface area contributed by atoms with E-state index < -0.39 is 0 Å². The zero-order chi connectivity index (χ0) is 11.0. The van der Waals surface area contributed by atoms with Gasteiger partial charge in [0.05, 0.1) is 27.2 Å². The first-order valence-corrected chi connectivity index (χ1v) is 5.35. The maximum atomic E-state index is 5.40. The highest BCUT2D eigenvalue weighted by Crippen LogP contribution is 1.95. The average Bonchev–Trinajstić information content (AvgIpc) is 2.10. The Morgan fingerprint density at radius 1 is 1.14 bits per heavy atom. The topological polar surface area (TPSA) is 41.3 Å². The highest BCUT2D eigenvalue weighted by atomic mass is 15.3. The van der Waals surface area contributed by atoms with Crippen LogP contribution in [-0.2, 0) is 0 Å². The molecule has 0 aliphatic rings. The summed E-state index contributed by atoms with van der Waals surface area (Å²) in [6.07, 6.45) is 0. The molecule has 0 radical (unpaired) electrons. The standard InChI is InChI=1S/C10H27N4/c1-13(2)8-10-14(3,4)9-7-12-6-5-11/h12H,5-11H2,1-4H3/q+1. The number of hydrogen-bond donors (Lipinski definition) is 2. The molecule has 0 atom stereocenters.